The smallest absolute Gasteiger partial charge is 0.0404 e. The summed E-state index contributed by atoms with van der Waals surface area (Å²) in [4.78, 5) is 7.10. The first-order valence-electron chi connectivity index (χ1n) is 5.10. The molecule has 0 bridgehead atoms. The lowest BCUT2D eigenvalue weighted by Gasteiger charge is -2.05. The van der Waals surface area contributed by atoms with Crippen LogP contribution in [0.15, 0.2) is 30.7 Å². The number of hydrogen-bond donors (Lipinski definition) is 1. The normalized spacial score (nSPS) is 9.33. The Bertz CT molecular complexity index is 359. The molecule has 0 spiro atoms. The highest BCUT2D eigenvalue weighted by molar-refractivity contribution is 5.32. The number of aromatic amines is 1. The molecule has 0 radical (unpaired) electrons. The van der Waals surface area contributed by atoms with E-state index < -0.39 is 0 Å². The molecule has 0 unspecified atom stereocenters. The summed E-state index contributed by atoms with van der Waals surface area (Å²) in [5.74, 6) is 0. The van der Waals surface area contributed by atoms with Gasteiger partial charge in [-0.15, -0.1) is 0 Å². The molecule has 1 N–H and O–H groups in total. The molecule has 0 saturated heterocycles. The first-order chi connectivity index (χ1) is 7.13. The van der Waals surface area contributed by atoms with E-state index in [9.17, 15) is 0 Å². The van der Waals surface area contributed by atoms with Gasteiger partial charge < -0.3 is 4.98 Å². The third-order valence-electron chi connectivity index (χ3n) is 2.64. The largest absolute Gasteiger partial charge is 0.368 e. The van der Waals surface area contributed by atoms with Crippen LogP contribution in [0.4, 0.5) is 0 Å². The van der Waals surface area contributed by atoms with Gasteiger partial charge in [0.05, 0.1) is 0 Å². The molecule has 2 aromatic rings. The number of hydrogen-bond acceptors (Lipinski definition) is 1. The zero-order chi connectivity index (χ0) is 11.3. The lowest BCUT2D eigenvalue weighted by atomic mass is 10.1. The standard InChI is InChI=1S/C9H13N.C4H5N/c1-6-5-10-9(4)8(3)7(6)2;1-2-4-5-3-1/h5H,1-4H3;1-5H. The lowest BCUT2D eigenvalue weighted by Crippen LogP contribution is -1.92. The minimum absolute atomic E-state index is 1.14. The van der Waals surface area contributed by atoms with Gasteiger partial charge in [-0.3, -0.25) is 4.98 Å². The van der Waals surface area contributed by atoms with Crippen molar-refractivity contribution in [3.63, 3.8) is 0 Å². The van der Waals surface area contributed by atoms with Gasteiger partial charge in [0.2, 0.25) is 0 Å². The fourth-order valence-electron chi connectivity index (χ4n) is 1.23. The van der Waals surface area contributed by atoms with Crippen LogP contribution < -0.4 is 0 Å². The summed E-state index contributed by atoms with van der Waals surface area (Å²) in [7, 11) is 0. The van der Waals surface area contributed by atoms with Crippen LogP contribution in [0.25, 0.3) is 0 Å². The van der Waals surface area contributed by atoms with E-state index in [0.717, 1.165) is 5.69 Å². The number of aryl methyl sites for hydroxylation is 2. The Morgan fingerprint density at radius 1 is 0.933 bits per heavy atom. The first-order valence-corrected chi connectivity index (χ1v) is 5.10. The van der Waals surface area contributed by atoms with Gasteiger partial charge in [0.15, 0.2) is 0 Å². The number of rotatable bonds is 0. The maximum Gasteiger partial charge on any atom is 0.0404 e. The average Bonchev–Trinajstić information content (AvgIpc) is 2.79. The molecule has 0 saturated carbocycles. The van der Waals surface area contributed by atoms with E-state index in [1.54, 1.807) is 0 Å². The quantitative estimate of drug-likeness (QED) is 0.697. The number of H-pyrrole nitrogens is 1. The molecule has 2 nitrogen and oxygen atoms in total. The van der Waals surface area contributed by atoms with E-state index in [0.29, 0.717) is 0 Å². The second kappa shape index (κ2) is 5.35. The summed E-state index contributed by atoms with van der Waals surface area (Å²) in [6, 6.07) is 3.89. The van der Waals surface area contributed by atoms with Crippen LogP contribution in [-0.2, 0) is 0 Å². The summed E-state index contributed by atoms with van der Waals surface area (Å²) < 4.78 is 0. The molecule has 15 heavy (non-hydrogen) atoms. The van der Waals surface area contributed by atoms with E-state index in [1.807, 2.05) is 37.6 Å². The van der Waals surface area contributed by atoms with E-state index >= 15 is 0 Å². The number of pyridine rings is 1. The highest BCUT2D eigenvalue weighted by atomic mass is 14.7. The van der Waals surface area contributed by atoms with Crippen molar-refractivity contribution in [1.82, 2.24) is 9.97 Å². The number of nitrogens with one attached hydrogen (secondary N) is 1. The Balaban J connectivity index is 0.000000187. The molecule has 80 valence electrons. The summed E-state index contributed by atoms with van der Waals surface area (Å²) in [6.07, 6.45) is 5.68. The van der Waals surface area contributed by atoms with Crippen LogP contribution in [0, 0.1) is 27.7 Å². The van der Waals surface area contributed by atoms with E-state index in [1.165, 1.54) is 16.7 Å². The molecule has 0 amide bonds. The van der Waals surface area contributed by atoms with Crippen LogP contribution in [-0.4, -0.2) is 9.97 Å². The summed E-state index contributed by atoms with van der Waals surface area (Å²) in [6.45, 7) is 8.39. The number of aromatic nitrogens is 2. The van der Waals surface area contributed by atoms with Crippen LogP contribution in [0.3, 0.4) is 0 Å². The van der Waals surface area contributed by atoms with Gasteiger partial charge in [0, 0.05) is 24.3 Å². The van der Waals surface area contributed by atoms with Gasteiger partial charge in [-0.05, 0) is 56.5 Å². The molecule has 0 aliphatic heterocycles. The molecule has 0 aliphatic carbocycles. The van der Waals surface area contributed by atoms with Crippen LogP contribution >= 0.6 is 0 Å². The van der Waals surface area contributed by atoms with E-state index in [4.69, 9.17) is 0 Å². The van der Waals surface area contributed by atoms with Gasteiger partial charge in [0.1, 0.15) is 0 Å². The van der Waals surface area contributed by atoms with Crippen molar-refractivity contribution in [2.75, 3.05) is 0 Å². The summed E-state index contributed by atoms with van der Waals surface area (Å²) >= 11 is 0. The summed E-state index contributed by atoms with van der Waals surface area (Å²) in [5.41, 5.74) is 5.11. The van der Waals surface area contributed by atoms with Crippen LogP contribution in [0.5, 0.6) is 0 Å². The van der Waals surface area contributed by atoms with Crippen LogP contribution in [0.2, 0.25) is 0 Å². The Morgan fingerprint density at radius 3 is 1.93 bits per heavy atom. The van der Waals surface area contributed by atoms with Gasteiger partial charge in [0.25, 0.3) is 0 Å². The van der Waals surface area contributed by atoms with Crippen molar-refractivity contribution in [2.24, 2.45) is 0 Å². The lowest BCUT2D eigenvalue weighted by molar-refractivity contribution is 1.09. The molecule has 2 heteroatoms. The van der Waals surface area contributed by atoms with Crippen LogP contribution in [0.1, 0.15) is 22.4 Å². The maximum atomic E-state index is 4.24. The average molecular weight is 202 g/mol. The minimum atomic E-state index is 1.14. The predicted octanol–water partition coefficient (Wildman–Crippen LogP) is 3.33. The zero-order valence-electron chi connectivity index (χ0n) is 9.83. The van der Waals surface area contributed by atoms with Gasteiger partial charge in [-0.1, -0.05) is 0 Å². The highest BCUT2D eigenvalue weighted by Gasteiger charge is 1.98. The molecule has 2 rings (SSSR count). The summed E-state index contributed by atoms with van der Waals surface area (Å²) in [5, 5.41) is 0. The van der Waals surface area contributed by atoms with E-state index in [-0.39, 0.29) is 0 Å². The second-order valence-corrected chi connectivity index (χ2v) is 3.66. The second-order valence-electron chi connectivity index (χ2n) is 3.66. The topological polar surface area (TPSA) is 28.7 Å². The Kier molecular flexibility index (Phi) is 4.10. The molecule has 0 aliphatic rings. The van der Waals surface area contributed by atoms with Gasteiger partial charge in [-0.25, -0.2) is 0 Å². The Morgan fingerprint density at radius 2 is 1.53 bits per heavy atom. The maximum absolute atomic E-state index is 4.24. The molecular weight excluding hydrogens is 184 g/mol. The molecule has 0 atom stereocenters. The molecule has 2 heterocycles. The zero-order valence-corrected chi connectivity index (χ0v) is 9.83. The highest BCUT2D eigenvalue weighted by Crippen LogP contribution is 2.12. The van der Waals surface area contributed by atoms with Crippen molar-refractivity contribution < 1.29 is 0 Å². The predicted molar refractivity (Wildman–Crippen MR) is 64.0 cm³/mol. The first kappa shape index (κ1) is 11.5. The third-order valence-corrected chi connectivity index (χ3v) is 2.64. The SMILES string of the molecule is Cc1cnc(C)c(C)c1C.c1cc[nH]c1. The van der Waals surface area contributed by atoms with Gasteiger partial charge in [-0.2, -0.15) is 0 Å². The minimum Gasteiger partial charge on any atom is -0.368 e. The Hall–Kier alpha value is -1.57. The van der Waals surface area contributed by atoms with Gasteiger partial charge >= 0.3 is 0 Å². The Labute approximate surface area is 91.4 Å². The molecular formula is C13H18N2. The third kappa shape index (κ3) is 3.24. The monoisotopic (exact) mass is 202 g/mol. The molecule has 0 fully saturated rings. The molecule has 2 aromatic heterocycles. The van der Waals surface area contributed by atoms with Crippen molar-refractivity contribution in [1.29, 1.82) is 0 Å². The van der Waals surface area contributed by atoms with Crippen molar-refractivity contribution in [2.45, 2.75) is 27.7 Å². The fourth-order valence-corrected chi connectivity index (χ4v) is 1.23. The molecule has 0 aromatic carbocycles. The number of nitrogens with zero attached hydrogens (tertiary/aromatic N) is 1. The van der Waals surface area contributed by atoms with E-state index in [2.05, 4.69) is 30.7 Å². The van der Waals surface area contributed by atoms with Crippen molar-refractivity contribution >= 4 is 0 Å². The fraction of sp³-hybridized carbons (Fsp3) is 0.308. The van der Waals surface area contributed by atoms with Crippen molar-refractivity contribution in [3.05, 3.63) is 53.1 Å². The van der Waals surface area contributed by atoms with Crippen molar-refractivity contribution in [3.8, 4) is 0 Å².